The van der Waals surface area contributed by atoms with E-state index in [1.807, 2.05) is 102 Å². The highest BCUT2D eigenvalue weighted by Crippen LogP contribution is 2.49. The molecule has 1 heterocycles. The maximum atomic E-state index is 14.0. The van der Waals surface area contributed by atoms with Crippen LogP contribution in [0.25, 0.3) is 0 Å². The summed E-state index contributed by atoms with van der Waals surface area (Å²) in [4.78, 5) is 41.0. The van der Waals surface area contributed by atoms with Crippen LogP contribution >= 0.6 is 11.8 Å². The SMILES string of the molecule is CC(C)(C)OC(=O)NCC1(c2ccccc2)SC(N(C(=O)C(C)(C)C)c2ccccc2)=NN1C(=O)C(C)(C)C. The van der Waals surface area contributed by atoms with Gasteiger partial charge < -0.3 is 10.1 Å². The first-order chi connectivity index (χ1) is 18.0. The van der Waals surface area contributed by atoms with E-state index >= 15 is 0 Å². The van der Waals surface area contributed by atoms with Crippen LogP contribution in [0.5, 0.6) is 0 Å². The maximum Gasteiger partial charge on any atom is 0.407 e. The summed E-state index contributed by atoms with van der Waals surface area (Å²) in [6.45, 7) is 16.4. The zero-order chi connectivity index (χ0) is 29.2. The average molecular weight is 553 g/mol. The first-order valence-corrected chi connectivity index (χ1v) is 13.8. The quantitative estimate of drug-likeness (QED) is 0.478. The number of thioether (sulfide) groups is 1. The first kappa shape index (κ1) is 30.2. The average Bonchev–Trinajstić information content (AvgIpc) is 3.21. The van der Waals surface area contributed by atoms with E-state index < -0.39 is 27.4 Å². The molecule has 1 unspecified atom stereocenters. The molecule has 0 aliphatic carbocycles. The minimum absolute atomic E-state index is 0.00223. The van der Waals surface area contributed by atoms with Crippen molar-refractivity contribution in [3.8, 4) is 0 Å². The molecule has 0 saturated heterocycles. The molecule has 0 fully saturated rings. The molecule has 1 aliphatic rings. The van der Waals surface area contributed by atoms with Crippen LogP contribution < -0.4 is 10.2 Å². The number of hydrazone groups is 1. The summed E-state index contributed by atoms with van der Waals surface area (Å²) in [5.74, 6) is -0.428. The number of para-hydroxylation sites is 1. The number of carbonyl (C=O) groups is 3. The van der Waals surface area contributed by atoms with Gasteiger partial charge in [-0.15, -0.1) is 5.10 Å². The van der Waals surface area contributed by atoms with Crippen molar-refractivity contribution in [2.45, 2.75) is 72.8 Å². The van der Waals surface area contributed by atoms with Gasteiger partial charge in [-0.1, -0.05) is 90.1 Å². The molecule has 3 amide bonds. The van der Waals surface area contributed by atoms with Crippen LogP contribution in [0.2, 0.25) is 0 Å². The Morgan fingerprint density at radius 3 is 1.90 bits per heavy atom. The zero-order valence-electron chi connectivity index (χ0n) is 24.4. The van der Waals surface area contributed by atoms with Crippen molar-refractivity contribution in [3.05, 3.63) is 66.2 Å². The summed E-state index contributed by atoms with van der Waals surface area (Å²) in [6.07, 6.45) is -0.610. The number of nitrogens with zero attached hydrogens (tertiary/aromatic N) is 3. The Hall–Kier alpha value is -3.33. The lowest BCUT2D eigenvalue weighted by Crippen LogP contribution is -2.52. The number of nitrogens with one attached hydrogen (secondary N) is 1. The maximum absolute atomic E-state index is 14.0. The molecule has 210 valence electrons. The number of alkyl carbamates (subject to hydrolysis) is 1. The van der Waals surface area contributed by atoms with E-state index in [9.17, 15) is 14.4 Å². The monoisotopic (exact) mass is 552 g/mol. The van der Waals surface area contributed by atoms with Crippen molar-refractivity contribution in [2.75, 3.05) is 11.4 Å². The molecule has 0 aromatic heterocycles. The normalized spacial score (nSPS) is 17.9. The number of rotatable bonds is 4. The Bertz CT molecular complexity index is 1230. The van der Waals surface area contributed by atoms with E-state index in [2.05, 4.69) is 5.32 Å². The second-order valence-electron chi connectivity index (χ2n) is 12.6. The molecule has 9 heteroatoms. The Kier molecular flexibility index (Phi) is 8.55. The fourth-order valence-electron chi connectivity index (χ4n) is 3.82. The molecule has 39 heavy (non-hydrogen) atoms. The van der Waals surface area contributed by atoms with Gasteiger partial charge in [0.05, 0.1) is 12.2 Å². The van der Waals surface area contributed by atoms with E-state index in [0.717, 1.165) is 5.56 Å². The van der Waals surface area contributed by atoms with Crippen LogP contribution in [0.1, 0.15) is 67.9 Å². The predicted octanol–water partition coefficient (Wildman–Crippen LogP) is 6.34. The van der Waals surface area contributed by atoms with Gasteiger partial charge in [0.25, 0.3) is 0 Å². The molecule has 3 rings (SSSR count). The van der Waals surface area contributed by atoms with E-state index in [1.165, 1.54) is 16.8 Å². The molecule has 1 N–H and O–H groups in total. The molecular formula is C30H40N4O4S. The zero-order valence-corrected chi connectivity index (χ0v) is 25.2. The molecule has 1 aliphatic heterocycles. The van der Waals surface area contributed by atoms with E-state index in [-0.39, 0.29) is 18.4 Å². The highest BCUT2D eigenvalue weighted by Gasteiger charge is 2.53. The van der Waals surface area contributed by atoms with Crippen molar-refractivity contribution in [1.29, 1.82) is 0 Å². The number of benzene rings is 2. The van der Waals surface area contributed by atoms with E-state index in [0.29, 0.717) is 10.9 Å². The molecule has 0 saturated carbocycles. The first-order valence-electron chi connectivity index (χ1n) is 13.0. The Morgan fingerprint density at radius 2 is 1.41 bits per heavy atom. The van der Waals surface area contributed by atoms with Crippen LogP contribution in [-0.4, -0.2) is 40.2 Å². The highest BCUT2D eigenvalue weighted by molar-refractivity contribution is 8.15. The minimum atomic E-state index is -1.18. The summed E-state index contributed by atoms with van der Waals surface area (Å²) in [6, 6.07) is 18.7. The number of amidine groups is 1. The van der Waals surface area contributed by atoms with Crippen molar-refractivity contribution in [2.24, 2.45) is 15.9 Å². The van der Waals surface area contributed by atoms with Crippen molar-refractivity contribution >= 4 is 40.5 Å². The lowest BCUT2D eigenvalue weighted by Gasteiger charge is -2.38. The molecule has 0 radical (unpaired) electrons. The van der Waals surface area contributed by atoms with Crippen molar-refractivity contribution < 1.29 is 19.1 Å². The summed E-state index contributed by atoms with van der Waals surface area (Å²) in [7, 11) is 0. The number of amides is 3. The van der Waals surface area contributed by atoms with Gasteiger partial charge >= 0.3 is 6.09 Å². The largest absolute Gasteiger partial charge is 0.444 e. The second kappa shape index (κ2) is 11.0. The summed E-state index contributed by atoms with van der Waals surface area (Å²) < 4.78 is 5.50. The van der Waals surface area contributed by atoms with Gasteiger partial charge in [-0.25, -0.2) is 9.80 Å². The van der Waals surface area contributed by atoms with Gasteiger partial charge in [0.15, 0.2) is 10.0 Å². The standard InChI is InChI=1S/C30H40N4O4S/c1-27(2,3)23(35)33(22-18-14-11-15-19-22)25-32-34(24(36)28(4,5)6)30(39-25,21-16-12-10-13-17-21)20-31-26(37)38-29(7,8)9/h10-19H,20H2,1-9H3,(H,31,37). The molecule has 0 bridgehead atoms. The number of hydrogen-bond acceptors (Lipinski definition) is 6. The van der Waals surface area contributed by atoms with Crippen LogP contribution in [0.4, 0.5) is 10.5 Å². The van der Waals surface area contributed by atoms with Gasteiger partial charge in [-0.3, -0.25) is 14.5 Å². The molecule has 0 spiro atoms. The van der Waals surface area contributed by atoms with Gasteiger partial charge in [0.2, 0.25) is 11.8 Å². The second-order valence-corrected chi connectivity index (χ2v) is 13.8. The van der Waals surface area contributed by atoms with Gasteiger partial charge in [0.1, 0.15) is 5.60 Å². The lowest BCUT2D eigenvalue weighted by atomic mass is 9.93. The molecule has 2 aromatic rings. The number of ether oxygens (including phenoxy) is 1. The summed E-state index contributed by atoms with van der Waals surface area (Å²) >= 11 is 1.26. The predicted molar refractivity (Wildman–Crippen MR) is 157 cm³/mol. The third-order valence-corrected chi connectivity index (χ3v) is 7.11. The van der Waals surface area contributed by atoms with Crippen LogP contribution in [0.3, 0.4) is 0 Å². The molecular weight excluding hydrogens is 512 g/mol. The minimum Gasteiger partial charge on any atom is -0.444 e. The van der Waals surface area contributed by atoms with Gasteiger partial charge in [-0.2, -0.15) is 0 Å². The molecule has 2 aromatic carbocycles. The lowest BCUT2D eigenvalue weighted by molar-refractivity contribution is -0.143. The summed E-state index contributed by atoms with van der Waals surface area (Å²) in [5.41, 5.74) is -0.838. The number of carbonyl (C=O) groups excluding carboxylic acids is 3. The van der Waals surface area contributed by atoms with Crippen molar-refractivity contribution in [3.63, 3.8) is 0 Å². The fraction of sp³-hybridized carbons (Fsp3) is 0.467. The smallest absolute Gasteiger partial charge is 0.407 e. The fourth-order valence-corrected chi connectivity index (χ4v) is 5.14. The van der Waals surface area contributed by atoms with Crippen molar-refractivity contribution in [1.82, 2.24) is 10.3 Å². The topological polar surface area (TPSA) is 91.3 Å². The van der Waals surface area contributed by atoms with Crippen LogP contribution in [-0.2, 0) is 19.2 Å². The van der Waals surface area contributed by atoms with E-state index in [4.69, 9.17) is 9.84 Å². The summed E-state index contributed by atoms with van der Waals surface area (Å²) in [5, 5.41) is 9.45. The van der Waals surface area contributed by atoms with Crippen LogP contribution in [0, 0.1) is 10.8 Å². The third kappa shape index (κ3) is 7.01. The Balaban J connectivity index is 2.19. The number of hydrogen-bond donors (Lipinski definition) is 1. The molecule has 8 nitrogen and oxygen atoms in total. The molecule has 1 atom stereocenters. The van der Waals surface area contributed by atoms with Gasteiger partial charge in [-0.05, 0) is 50.2 Å². The Morgan fingerprint density at radius 1 is 0.872 bits per heavy atom. The number of anilines is 1. The Labute approximate surface area is 236 Å². The van der Waals surface area contributed by atoms with Crippen LogP contribution in [0.15, 0.2) is 65.8 Å². The van der Waals surface area contributed by atoms with Gasteiger partial charge in [0, 0.05) is 10.8 Å². The van der Waals surface area contributed by atoms with E-state index in [1.54, 1.807) is 25.7 Å². The third-order valence-electron chi connectivity index (χ3n) is 5.77. The highest BCUT2D eigenvalue weighted by atomic mass is 32.2.